The van der Waals surface area contributed by atoms with Crippen molar-refractivity contribution in [1.82, 2.24) is 15.3 Å². The van der Waals surface area contributed by atoms with E-state index in [9.17, 15) is 14.9 Å². The van der Waals surface area contributed by atoms with Crippen LogP contribution in [0.5, 0.6) is 0 Å². The minimum atomic E-state index is -0.459. The van der Waals surface area contributed by atoms with Crippen LogP contribution in [-0.4, -0.2) is 34.0 Å². The van der Waals surface area contributed by atoms with Crippen molar-refractivity contribution >= 4 is 52.0 Å². The average molecular weight is 454 g/mol. The summed E-state index contributed by atoms with van der Waals surface area (Å²) in [6.45, 7) is 0. The first kappa shape index (κ1) is 21.3. The quantitative estimate of drug-likeness (QED) is 0.345. The number of halogens is 1. The van der Waals surface area contributed by atoms with E-state index in [2.05, 4.69) is 25.9 Å². The lowest BCUT2D eigenvalue weighted by Gasteiger charge is -2.20. The first-order chi connectivity index (χ1) is 15.4. The third-order valence-corrected chi connectivity index (χ3v) is 5.17. The number of hydrogen-bond donors (Lipinski definition) is 3. The molecule has 0 saturated heterocycles. The fraction of sp³-hybridized carbons (Fsp3) is 0.190. The van der Waals surface area contributed by atoms with E-state index in [-0.39, 0.29) is 17.8 Å². The third kappa shape index (κ3) is 5.03. The van der Waals surface area contributed by atoms with Gasteiger partial charge in [0.15, 0.2) is 0 Å². The minimum Gasteiger partial charge on any atom is -0.335 e. The second kappa shape index (κ2) is 9.06. The molecule has 0 radical (unpaired) electrons. The van der Waals surface area contributed by atoms with Gasteiger partial charge >= 0.3 is 6.03 Å². The smallest absolute Gasteiger partial charge is 0.319 e. The number of carbonyl (C=O) groups is 1. The molecule has 1 aromatic heterocycles. The number of hydrogen-bond acceptors (Lipinski definition) is 7. The van der Waals surface area contributed by atoms with Crippen molar-refractivity contribution in [3.05, 3.63) is 70.0 Å². The molecule has 2 amide bonds. The zero-order valence-electron chi connectivity index (χ0n) is 17.1. The lowest BCUT2D eigenvalue weighted by molar-refractivity contribution is -0.383. The molecule has 4 rings (SSSR count). The van der Waals surface area contributed by atoms with Crippen LogP contribution >= 0.6 is 11.6 Å². The van der Waals surface area contributed by atoms with Crippen molar-refractivity contribution in [1.29, 1.82) is 0 Å². The van der Waals surface area contributed by atoms with Gasteiger partial charge in [0.1, 0.15) is 23.7 Å². The molecule has 2 aromatic carbocycles. The predicted octanol–water partition coefficient (Wildman–Crippen LogP) is 4.83. The summed E-state index contributed by atoms with van der Waals surface area (Å²) in [5.41, 5.74) is 1.51. The second-order valence-electron chi connectivity index (χ2n) is 7.26. The van der Waals surface area contributed by atoms with Gasteiger partial charge in [0.05, 0.1) is 15.6 Å². The Morgan fingerprint density at radius 3 is 2.66 bits per heavy atom. The number of aromatic nitrogens is 2. The number of anilines is 5. The van der Waals surface area contributed by atoms with Gasteiger partial charge in [0, 0.05) is 30.9 Å². The summed E-state index contributed by atoms with van der Waals surface area (Å²) < 4.78 is 0. The van der Waals surface area contributed by atoms with Crippen molar-refractivity contribution in [3.8, 4) is 0 Å². The molecule has 3 N–H and O–H groups in total. The van der Waals surface area contributed by atoms with Crippen molar-refractivity contribution in [3.63, 3.8) is 0 Å². The van der Waals surface area contributed by atoms with Crippen LogP contribution < -0.4 is 20.9 Å². The van der Waals surface area contributed by atoms with E-state index >= 15 is 0 Å². The zero-order chi connectivity index (χ0) is 22.7. The van der Waals surface area contributed by atoms with Crippen molar-refractivity contribution in [2.24, 2.45) is 0 Å². The molecule has 0 atom stereocenters. The van der Waals surface area contributed by atoms with Gasteiger partial charge in [0.25, 0.3) is 5.69 Å². The molecule has 1 saturated carbocycles. The van der Waals surface area contributed by atoms with Gasteiger partial charge in [-0.15, -0.1) is 0 Å². The summed E-state index contributed by atoms with van der Waals surface area (Å²) in [4.78, 5) is 32.9. The molecule has 32 heavy (non-hydrogen) atoms. The predicted molar refractivity (Wildman–Crippen MR) is 123 cm³/mol. The molecule has 1 heterocycles. The van der Waals surface area contributed by atoms with Crippen LogP contribution in [-0.2, 0) is 0 Å². The molecule has 0 spiro atoms. The lowest BCUT2D eigenvalue weighted by Crippen LogP contribution is -2.30. The highest BCUT2D eigenvalue weighted by Crippen LogP contribution is 2.32. The van der Waals surface area contributed by atoms with Gasteiger partial charge in [-0.1, -0.05) is 23.7 Å². The Bertz CT molecular complexity index is 1170. The van der Waals surface area contributed by atoms with Crippen LogP contribution in [0.2, 0.25) is 5.02 Å². The Morgan fingerprint density at radius 2 is 1.94 bits per heavy atom. The fourth-order valence-electron chi connectivity index (χ4n) is 2.99. The number of carbonyl (C=O) groups excluding carboxylic acids is 1. The highest BCUT2D eigenvalue weighted by molar-refractivity contribution is 6.34. The Balaban J connectivity index is 1.50. The highest BCUT2D eigenvalue weighted by Gasteiger charge is 2.23. The number of rotatable bonds is 7. The standard InChI is InChI=1S/C21H20ClN7O3/c1-28(14-8-9-16(15(22)10-14)27-21(30)25-13-6-7-13)20-11-19(23-12-24-20)26-17-4-2-3-5-18(17)29(31)32/h2-5,8-13H,6-7H2,1H3,(H,23,24,26)(H2,25,27,30). The summed E-state index contributed by atoms with van der Waals surface area (Å²) in [5.74, 6) is 0.946. The number of para-hydroxylation sites is 2. The van der Waals surface area contributed by atoms with Gasteiger partial charge in [0.2, 0.25) is 0 Å². The maximum atomic E-state index is 12.0. The Labute approximate surface area is 188 Å². The topological polar surface area (TPSA) is 125 Å². The van der Waals surface area contributed by atoms with E-state index in [0.29, 0.717) is 28.0 Å². The molecular formula is C21H20ClN7O3. The maximum Gasteiger partial charge on any atom is 0.319 e. The van der Waals surface area contributed by atoms with Crippen LogP contribution in [0.3, 0.4) is 0 Å². The summed E-state index contributed by atoms with van der Waals surface area (Å²) in [5, 5.41) is 20.2. The number of amides is 2. The Morgan fingerprint density at radius 1 is 1.16 bits per heavy atom. The summed E-state index contributed by atoms with van der Waals surface area (Å²) in [6.07, 6.45) is 3.36. The van der Waals surface area contributed by atoms with Gasteiger partial charge in [-0.3, -0.25) is 10.1 Å². The lowest BCUT2D eigenvalue weighted by atomic mass is 10.2. The number of nitro benzene ring substituents is 1. The van der Waals surface area contributed by atoms with Crippen molar-refractivity contribution < 1.29 is 9.72 Å². The second-order valence-corrected chi connectivity index (χ2v) is 7.66. The van der Waals surface area contributed by atoms with Crippen LogP contribution in [0.1, 0.15) is 12.8 Å². The number of nitrogens with one attached hydrogen (secondary N) is 3. The SMILES string of the molecule is CN(c1ccc(NC(=O)NC2CC2)c(Cl)c1)c1cc(Nc2ccccc2[N+](=O)[O-])ncn1. The van der Waals surface area contributed by atoms with E-state index in [1.165, 1.54) is 12.4 Å². The van der Waals surface area contributed by atoms with Gasteiger partial charge in [-0.25, -0.2) is 14.8 Å². The molecule has 1 fully saturated rings. The molecule has 3 aromatic rings. The van der Waals surface area contributed by atoms with Crippen LogP contribution in [0, 0.1) is 10.1 Å². The number of urea groups is 1. The van der Waals surface area contributed by atoms with Crippen molar-refractivity contribution in [2.45, 2.75) is 18.9 Å². The fourth-order valence-corrected chi connectivity index (χ4v) is 3.22. The first-order valence-corrected chi connectivity index (χ1v) is 10.2. The van der Waals surface area contributed by atoms with E-state index < -0.39 is 4.92 Å². The molecule has 164 valence electrons. The van der Waals surface area contributed by atoms with E-state index in [4.69, 9.17) is 11.6 Å². The number of nitrogens with zero attached hydrogens (tertiary/aromatic N) is 4. The highest BCUT2D eigenvalue weighted by atomic mass is 35.5. The molecule has 11 heteroatoms. The Hall–Kier alpha value is -3.92. The van der Waals surface area contributed by atoms with Crippen LogP contribution in [0.25, 0.3) is 0 Å². The Kier molecular flexibility index (Phi) is 6.04. The van der Waals surface area contributed by atoms with Crippen LogP contribution in [0.15, 0.2) is 54.9 Å². The molecule has 1 aliphatic rings. The minimum absolute atomic E-state index is 0.0541. The molecule has 0 aliphatic heterocycles. The third-order valence-electron chi connectivity index (χ3n) is 4.86. The average Bonchev–Trinajstić information content (AvgIpc) is 3.59. The molecular weight excluding hydrogens is 434 g/mol. The normalized spacial score (nSPS) is 12.7. The van der Waals surface area contributed by atoms with E-state index in [1.807, 2.05) is 0 Å². The summed E-state index contributed by atoms with van der Waals surface area (Å²) in [6, 6.07) is 13.2. The molecule has 0 bridgehead atoms. The van der Waals surface area contributed by atoms with Gasteiger partial charge in [-0.05, 0) is 37.1 Å². The number of nitro groups is 1. The van der Waals surface area contributed by atoms with Gasteiger partial charge in [-0.2, -0.15) is 0 Å². The van der Waals surface area contributed by atoms with Crippen LogP contribution in [0.4, 0.5) is 39.2 Å². The summed E-state index contributed by atoms with van der Waals surface area (Å²) >= 11 is 6.36. The van der Waals surface area contributed by atoms with E-state index in [1.54, 1.807) is 54.4 Å². The van der Waals surface area contributed by atoms with Gasteiger partial charge < -0.3 is 20.9 Å². The monoisotopic (exact) mass is 453 g/mol. The largest absolute Gasteiger partial charge is 0.335 e. The van der Waals surface area contributed by atoms with Crippen molar-refractivity contribution in [2.75, 3.05) is 22.6 Å². The molecule has 10 nitrogen and oxygen atoms in total. The first-order valence-electron chi connectivity index (χ1n) is 9.84. The molecule has 1 aliphatic carbocycles. The van der Waals surface area contributed by atoms with E-state index in [0.717, 1.165) is 18.5 Å². The number of benzene rings is 2. The zero-order valence-corrected chi connectivity index (χ0v) is 17.8. The maximum absolute atomic E-state index is 12.0. The molecule has 0 unspecified atom stereocenters. The summed E-state index contributed by atoms with van der Waals surface area (Å²) in [7, 11) is 1.80.